The summed E-state index contributed by atoms with van der Waals surface area (Å²) in [6, 6.07) is 11.3. The van der Waals surface area contributed by atoms with Crippen molar-refractivity contribution in [2.24, 2.45) is 5.92 Å². The van der Waals surface area contributed by atoms with Crippen molar-refractivity contribution in [3.63, 3.8) is 0 Å². The van der Waals surface area contributed by atoms with E-state index in [1.807, 2.05) is 42.7 Å². The van der Waals surface area contributed by atoms with E-state index in [1.54, 1.807) is 6.07 Å². The van der Waals surface area contributed by atoms with Crippen LogP contribution in [0.4, 0.5) is 8.78 Å². The molecule has 1 unspecified atom stereocenters. The summed E-state index contributed by atoms with van der Waals surface area (Å²) in [5, 5.41) is 5.67. The van der Waals surface area contributed by atoms with Crippen molar-refractivity contribution < 1.29 is 13.6 Å². The summed E-state index contributed by atoms with van der Waals surface area (Å²) in [7, 11) is 3.99. The van der Waals surface area contributed by atoms with Gasteiger partial charge in [-0.05, 0) is 89.5 Å². The van der Waals surface area contributed by atoms with Crippen molar-refractivity contribution in [2.45, 2.75) is 56.9 Å². The largest absolute Gasteiger partial charge is 0.342 e. The Balaban J connectivity index is 1.35. The van der Waals surface area contributed by atoms with Crippen molar-refractivity contribution in [1.82, 2.24) is 19.6 Å². The van der Waals surface area contributed by atoms with Crippen molar-refractivity contribution >= 4 is 29.1 Å². The van der Waals surface area contributed by atoms with Gasteiger partial charge in [-0.2, -0.15) is 5.10 Å². The molecule has 5 nitrogen and oxygen atoms in total. The lowest BCUT2D eigenvalue weighted by Gasteiger charge is -2.35. The van der Waals surface area contributed by atoms with Crippen LogP contribution in [0.1, 0.15) is 61.4 Å². The zero-order valence-electron chi connectivity index (χ0n) is 22.7. The molecule has 1 aliphatic carbocycles. The molecule has 1 saturated heterocycles. The molecule has 0 bridgehead atoms. The molecular weight excluding hydrogens is 541 g/mol. The van der Waals surface area contributed by atoms with E-state index in [0.717, 1.165) is 36.0 Å². The van der Waals surface area contributed by atoms with Crippen molar-refractivity contribution in [3.8, 4) is 5.69 Å². The molecule has 0 N–H and O–H groups in total. The van der Waals surface area contributed by atoms with Gasteiger partial charge in [-0.25, -0.2) is 13.5 Å². The molecule has 39 heavy (non-hydrogen) atoms. The van der Waals surface area contributed by atoms with Gasteiger partial charge in [-0.3, -0.25) is 4.79 Å². The third-order valence-corrected chi connectivity index (χ3v) is 9.53. The lowest BCUT2D eigenvalue weighted by Crippen LogP contribution is -2.43. The van der Waals surface area contributed by atoms with Crippen molar-refractivity contribution in [3.05, 3.63) is 81.1 Å². The molecule has 3 aromatic rings. The average molecular weight is 576 g/mol. The maximum atomic E-state index is 14.9. The highest BCUT2D eigenvalue weighted by Crippen LogP contribution is 2.49. The number of carbonyl (C=O) groups is 1. The lowest BCUT2D eigenvalue weighted by molar-refractivity contribution is -0.137. The van der Waals surface area contributed by atoms with Gasteiger partial charge in [0.25, 0.3) is 0 Å². The van der Waals surface area contributed by atoms with Crippen LogP contribution in [0.15, 0.2) is 42.5 Å². The number of hydrogen-bond donors (Lipinski definition) is 0. The summed E-state index contributed by atoms with van der Waals surface area (Å²) in [4.78, 5) is 18.0. The Morgan fingerprint density at radius 2 is 1.74 bits per heavy atom. The first-order valence-corrected chi connectivity index (χ1v) is 14.2. The van der Waals surface area contributed by atoms with Gasteiger partial charge in [0.1, 0.15) is 11.6 Å². The first-order chi connectivity index (χ1) is 18.5. The molecule has 5 rings (SSSR count). The van der Waals surface area contributed by atoms with Crippen molar-refractivity contribution in [2.75, 3.05) is 27.2 Å². The summed E-state index contributed by atoms with van der Waals surface area (Å²) in [5.41, 5.74) is 3.02. The predicted molar refractivity (Wildman–Crippen MR) is 151 cm³/mol. The molecule has 0 radical (unpaired) electrons. The second-order valence-electron chi connectivity index (χ2n) is 11.5. The minimum atomic E-state index is -0.607. The lowest BCUT2D eigenvalue weighted by atomic mass is 9.86. The average Bonchev–Trinajstić information content (AvgIpc) is 3.46. The fraction of sp³-hybridized carbons (Fsp3) is 0.467. The molecular formula is C30H34Cl2F2N4O. The number of halogens is 4. The topological polar surface area (TPSA) is 41.4 Å². The summed E-state index contributed by atoms with van der Waals surface area (Å²) >= 11 is 12.4. The van der Waals surface area contributed by atoms with Crippen LogP contribution in [0, 0.1) is 24.5 Å². The Hall–Kier alpha value is -2.48. The van der Waals surface area contributed by atoms with Crippen LogP contribution in [0.5, 0.6) is 0 Å². The number of benzene rings is 2. The number of amides is 1. The van der Waals surface area contributed by atoms with E-state index in [4.69, 9.17) is 28.3 Å². The fourth-order valence-electron chi connectivity index (χ4n) is 6.33. The van der Waals surface area contributed by atoms with Crippen LogP contribution in [0.2, 0.25) is 10.0 Å². The quantitative estimate of drug-likeness (QED) is 0.330. The number of aromatic nitrogens is 2. The summed E-state index contributed by atoms with van der Waals surface area (Å²) < 4.78 is 30.5. The van der Waals surface area contributed by atoms with E-state index in [2.05, 4.69) is 17.9 Å². The van der Waals surface area contributed by atoms with Gasteiger partial charge in [-0.1, -0.05) is 29.3 Å². The van der Waals surface area contributed by atoms with Gasteiger partial charge in [0.05, 0.1) is 21.4 Å². The minimum Gasteiger partial charge on any atom is -0.342 e. The highest BCUT2D eigenvalue weighted by atomic mass is 35.5. The number of aryl methyl sites for hydroxylation is 1. The highest BCUT2D eigenvalue weighted by molar-refractivity contribution is 6.42. The van der Waals surface area contributed by atoms with Crippen LogP contribution in [-0.4, -0.2) is 58.2 Å². The highest BCUT2D eigenvalue weighted by Gasteiger charge is 2.49. The Morgan fingerprint density at radius 3 is 2.38 bits per heavy atom. The normalized spacial score (nSPS) is 24.1. The van der Waals surface area contributed by atoms with Gasteiger partial charge in [0, 0.05) is 48.1 Å². The van der Waals surface area contributed by atoms with Gasteiger partial charge < -0.3 is 9.80 Å². The molecule has 2 aromatic carbocycles. The van der Waals surface area contributed by atoms with E-state index in [-0.39, 0.29) is 29.2 Å². The number of nitrogens with zero attached hydrogens (tertiary/aromatic N) is 4. The van der Waals surface area contributed by atoms with E-state index in [1.165, 1.54) is 12.1 Å². The monoisotopic (exact) mass is 574 g/mol. The van der Waals surface area contributed by atoms with Gasteiger partial charge in [0.15, 0.2) is 0 Å². The Labute approximate surface area is 238 Å². The summed E-state index contributed by atoms with van der Waals surface area (Å²) in [5.74, 6) is -1.57. The zero-order valence-corrected chi connectivity index (χ0v) is 24.2. The molecule has 9 heteroatoms. The predicted octanol–water partition coefficient (Wildman–Crippen LogP) is 6.99. The summed E-state index contributed by atoms with van der Waals surface area (Å²) in [6.07, 6.45) is 2.86. The van der Waals surface area contributed by atoms with Gasteiger partial charge in [-0.15, -0.1) is 0 Å². The number of hydrogen-bond acceptors (Lipinski definition) is 3. The molecule has 0 spiro atoms. The van der Waals surface area contributed by atoms with Crippen LogP contribution >= 0.6 is 23.2 Å². The molecule has 208 valence electrons. The Kier molecular flexibility index (Phi) is 7.79. The molecule has 1 aromatic heterocycles. The first kappa shape index (κ1) is 28.1. The molecule has 2 heterocycles. The van der Waals surface area contributed by atoms with Crippen LogP contribution in [-0.2, 0) is 4.79 Å². The minimum absolute atomic E-state index is 0.0573. The molecule has 2 fully saturated rings. The third kappa shape index (κ3) is 5.46. The molecule has 3 atom stereocenters. The fourth-order valence-corrected chi connectivity index (χ4v) is 6.63. The van der Waals surface area contributed by atoms with Crippen LogP contribution in [0.25, 0.3) is 5.69 Å². The van der Waals surface area contributed by atoms with E-state index in [0.29, 0.717) is 41.5 Å². The number of rotatable bonds is 5. The van der Waals surface area contributed by atoms with Crippen molar-refractivity contribution in [1.29, 1.82) is 0 Å². The zero-order chi connectivity index (χ0) is 28.1. The maximum absolute atomic E-state index is 14.9. The standard InChI is InChI=1S/C30H34Cl2F2N4O/c1-18-13-28(38(35-18)21-6-8-25(31)26(32)15-21)19-9-11-37(12-10-19)29(39)24-17-30(2,36(3)4)16-23(24)22-7-5-20(33)14-27(22)34/h5-8,13-15,19,23-24H,9-12,16-17H2,1-4H3/t23-,24-,30?/m1/s1. The van der Waals surface area contributed by atoms with Crippen LogP contribution < -0.4 is 0 Å². The van der Waals surface area contributed by atoms with E-state index >= 15 is 0 Å². The van der Waals surface area contributed by atoms with Gasteiger partial charge in [0.2, 0.25) is 5.91 Å². The first-order valence-electron chi connectivity index (χ1n) is 13.4. The SMILES string of the molecule is Cc1cc(C2CCN(C(=O)[C@@H]3CC(C)(N(C)C)C[C@@H]3c3ccc(F)cc3F)CC2)n(-c2ccc(Cl)c(Cl)c2)n1. The number of piperidine rings is 1. The molecule has 2 aliphatic rings. The van der Waals surface area contributed by atoms with E-state index < -0.39 is 11.6 Å². The van der Waals surface area contributed by atoms with Gasteiger partial charge >= 0.3 is 0 Å². The van der Waals surface area contributed by atoms with Crippen LogP contribution in [0.3, 0.4) is 0 Å². The second-order valence-corrected chi connectivity index (χ2v) is 12.3. The van der Waals surface area contributed by atoms with E-state index in [9.17, 15) is 13.6 Å². The Morgan fingerprint density at radius 1 is 1.03 bits per heavy atom. The molecule has 1 amide bonds. The second kappa shape index (κ2) is 10.8. The Bertz CT molecular complexity index is 1390. The molecule has 1 saturated carbocycles. The number of carbonyl (C=O) groups excluding carboxylic acids is 1. The molecule has 1 aliphatic heterocycles. The smallest absolute Gasteiger partial charge is 0.226 e. The third-order valence-electron chi connectivity index (χ3n) is 8.80. The number of likely N-dealkylation sites (tertiary alicyclic amines) is 1. The maximum Gasteiger partial charge on any atom is 0.226 e. The summed E-state index contributed by atoms with van der Waals surface area (Å²) in [6.45, 7) is 5.31.